The van der Waals surface area contributed by atoms with Crippen molar-refractivity contribution in [2.45, 2.75) is 52.1 Å². The van der Waals surface area contributed by atoms with Crippen LogP contribution in [0.2, 0.25) is 0 Å². The maximum Gasteiger partial charge on any atom is 0.326 e. The van der Waals surface area contributed by atoms with E-state index in [9.17, 15) is 9.59 Å². The predicted octanol–water partition coefficient (Wildman–Crippen LogP) is 0.825. The maximum absolute atomic E-state index is 12.2. The normalized spacial score (nSPS) is 23.3. The van der Waals surface area contributed by atoms with Crippen molar-refractivity contribution in [2.24, 2.45) is 11.1 Å². The molecule has 1 fully saturated rings. The van der Waals surface area contributed by atoms with Gasteiger partial charge in [-0.1, -0.05) is 20.8 Å². The first-order valence-corrected chi connectivity index (χ1v) is 6.04. The number of hydrogen-bond donors (Lipinski definition) is 2. The van der Waals surface area contributed by atoms with Gasteiger partial charge in [-0.25, -0.2) is 4.79 Å². The van der Waals surface area contributed by atoms with Crippen LogP contribution in [0.15, 0.2) is 0 Å². The molecule has 1 unspecified atom stereocenters. The van der Waals surface area contributed by atoms with E-state index >= 15 is 0 Å². The highest BCUT2D eigenvalue weighted by Crippen LogP contribution is 2.23. The largest absolute Gasteiger partial charge is 0.480 e. The first kappa shape index (κ1) is 14.0. The molecule has 1 aliphatic heterocycles. The van der Waals surface area contributed by atoms with Crippen LogP contribution in [0.1, 0.15) is 40.0 Å². The summed E-state index contributed by atoms with van der Waals surface area (Å²) in [5.41, 5.74) is 5.55. The molecule has 0 bridgehead atoms. The summed E-state index contributed by atoms with van der Waals surface area (Å²) in [6.45, 7) is 6.15. The van der Waals surface area contributed by atoms with E-state index in [1.54, 1.807) is 0 Å². The first-order chi connectivity index (χ1) is 7.75. The lowest BCUT2D eigenvalue weighted by Crippen LogP contribution is -2.56. The molecule has 0 radical (unpaired) electrons. The fraction of sp³-hybridized carbons (Fsp3) is 0.833. The number of carboxylic acid groups (broad SMARTS) is 1. The van der Waals surface area contributed by atoms with E-state index in [1.165, 1.54) is 4.90 Å². The molecule has 5 nitrogen and oxygen atoms in total. The van der Waals surface area contributed by atoms with E-state index in [-0.39, 0.29) is 11.3 Å². The maximum atomic E-state index is 12.2. The highest BCUT2D eigenvalue weighted by molar-refractivity contribution is 5.87. The zero-order valence-corrected chi connectivity index (χ0v) is 10.8. The van der Waals surface area contributed by atoms with Crippen molar-refractivity contribution in [3.05, 3.63) is 0 Å². The van der Waals surface area contributed by atoms with Crippen molar-refractivity contribution in [3.8, 4) is 0 Å². The average Bonchev–Trinajstić information content (AvgIpc) is 2.25. The summed E-state index contributed by atoms with van der Waals surface area (Å²) < 4.78 is 0. The number of likely N-dealkylation sites (tertiary alicyclic amines) is 1. The second-order valence-electron chi connectivity index (χ2n) is 5.73. The minimum absolute atomic E-state index is 0.246. The van der Waals surface area contributed by atoms with Crippen LogP contribution in [0, 0.1) is 5.41 Å². The van der Waals surface area contributed by atoms with Crippen molar-refractivity contribution in [1.82, 2.24) is 4.90 Å². The Morgan fingerprint density at radius 3 is 2.41 bits per heavy atom. The molecule has 1 amide bonds. The Morgan fingerprint density at radius 1 is 1.35 bits per heavy atom. The summed E-state index contributed by atoms with van der Waals surface area (Å²) in [6, 6.07) is -1.35. The van der Waals surface area contributed by atoms with Crippen LogP contribution in [-0.4, -0.2) is 40.5 Å². The van der Waals surface area contributed by atoms with Gasteiger partial charge in [0, 0.05) is 6.54 Å². The SMILES string of the molecule is CC(C)(C)[C@@H](N)C(=O)N1CCCCC1C(=O)O. The Hall–Kier alpha value is -1.10. The molecular weight excluding hydrogens is 220 g/mol. The van der Waals surface area contributed by atoms with Gasteiger partial charge in [0.2, 0.25) is 5.91 Å². The van der Waals surface area contributed by atoms with Gasteiger partial charge in [-0.05, 0) is 24.7 Å². The molecule has 1 rings (SSSR count). The van der Waals surface area contributed by atoms with Gasteiger partial charge in [-0.2, -0.15) is 0 Å². The first-order valence-electron chi connectivity index (χ1n) is 6.04. The molecule has 3 N–H and O–H groups in total. The van der Waals surface area contributed by atoms with Gasteiger partial charge >= 0.3 is 5.97 Å². The van der Waals surface area contributed by atoms with Gasteiger partial charge in [0.25, 0.3) is 0 Å². The topological polar surface area (TPSA) is 83.6 Å². The number of carboxylic acids is 1. The molecule has 2 atom stereocenters. The Bertz CT molecular complexity index is 309. The van der Waals surface area contributed by atoms with Crippen LogP contribution < -0.4 is 5.73 Å². The molecule has 0 aromatic heterocycles. The summed E-state index contributed by atoms with van der Waals surface area (Å²) >= 11 is 0. The number of carbonyl (C=O) groups excluding carboxylic acids is 1. The van der Waals surface area contributed by atoms with E-state index in [0.29, 0.717) is 13.0 Å². The molecule has 0 aromatic carbocycles. The Kier molecular flexibility index (Phi) is 4.14. The third-order valence-corrected chi connectivity index (χ3v) is 3.27. The Balaban J connectivity index is 2.82. The van der Waals surface area contributed by atoms with Gasteiger partial charge in [-0.15, -0.1) is 0 Å². The van der Waals surface area contributed by atoms with Crippen LogP contribution in [-0.2, 0) is 9.59 Å². The van der Waals surface area contributed by atoms with Gasteiger partial charge in [-0.3, -0.25) is 4.79 Å². The summed E-state index contributed by atoms with van der Waals surface area (Å²) in [4.78, 5) is 24.7. The Labute approximate surface area is 102 Å². The number of nitrogens with zero attached hydrogens (tertiary/aromatic N) is 1. The third kappa shape index (κ3) is 3.19. The molecule has 0 aromatic rings. The van der Waals surface area contributed by atoms with E-state index in [0.717, 1.165) is 12.8 Å². The quantitative estimate of drug-likeness (QED) is 0.751. The number of hydrogen-bond acceptors (Lipinski definition) is 3. The van der Waals surface area contributed by atoms with Gasteiger partial charge in [0.15, 0.2) is 0 Å². The molecule has 0 aliphatic carbocycles. The summed E-state index contributed by atoms with van der Waals surface area (Å²) in [5, 5.41) is 9.11. The molecule has 0 saturated carbocycles. The lowest BCUT2D eigenvalue weighted by molar-refractivity contribution is -0.153. The second-order valence-corrected chi connectivity index (χ2v) is 5.73. The molecule has 1 heterocycles. The molecule has 17 heavy (non-hydrogen) atoms. The van der Waals surface area contributed by atoms with E-state index in [1.807, 2.05) is 20.8 Å². The molecule has 1 saturated heterocycles. The monoisotopic (exact) mass is 242 g/mol. The van der Waals surface area contributed by atoms with Crippen LogP contribution in [0.5, 0.6) is 0 Å². The third-order valence-electron chi connectivity index (χ3n) is 3.27. The zero-order valence-electron chi connectivity index (χ0n) is 10.8. The second kappa shape index (κ2) is 5.04. The number of piperidine rings is 1. The zero-order chi connectivity index (χ0) is 13.2. The smallest absolute Gasteiger partial charge is 0.326 e. The van der Waals surface area contributed by atoms with E-state index < -0.39 is 18.1 Å². The summed E-state index contributed by atoms with van der Waals surface area (Å²) in [7, 11) is 0. The molecule has 98 valence electrons. The highest BCUT2D eigenvalue weighted by Gasteiger charge is 2.37. The van der Waals surface area contributed by atoms with E-state index in [2.05, 4.69) is 0 Å². The van der Waals surface area contributed by atoms with Crippen LogP contribution in [0.25, 0.3) is 0 Å². The van der Waals surface area contributed by atoms with Crippen LogP contribution in [0.4, 0.5) is 0 Å². The predicted molar refractivity (Wildman–Crippen MR) is 64.4 cm³/mol. The van der Waals surface area contributed by atoms with Crippen molar-refractivity contribution < 1.29 is 14.7 Å². The van der Waals surface area contributed by atoms with Crippen molar-refractivity contribution in [1.29, 1.82) is 0 Å². The van der Waals surface area contributed by atoms with Crippen LogP contribution in [0.3, 0.4) is 0 Å². The Morgan fingerprint density at radius 2 is 1.94 bits per heavy atom. The molecular formula is C12H22N2O3. The summed E-state index contributed by atoms with van der Waals surface area (Å²) in [5.74, 6) is -1.18. The number of nitrogens with two attached hydrogens (primary N) is 1. The number of rotatable bonds is 2. The summed E-state index contributed by atoms with van der Waals surface area (Å²) in [6.07, 6.45) is 2.23. The lowest BCUT2D eigenvalue weighted by Gasteiger charge is -2.37. The van der Waals surface area contributed by atoms with Gasteiger partial charge < -0.3 is 15.7 Å². The lowest BCUT2D eigenvalue weighted by atomic mass is 9.85. The van der Waals surface area contributed by atoms with Crippen molar-refractivity contribution in [2.75, 3.05) is 6.54 Å². The molecule has 1 aliphatic rings. The minimum atomic E-state index is -0.931. The molecule has 5 heteroatoms. The van der Waals surface area contributed by atoms with Crippen LogP contribution >= 0.6 is 0 Å². The van der Waals surface area contributed by atoms with Crippen molar-refractivity contribution >= 4 is 11.9 Å². The number of carbonyl (C=O) groups is 2. The van der Waals surface area contributed by atoms with E-state index in [4.69, 9.17) is 10.8 Å². The van der Waals surface area contributed by atoms with Gasteiger partial charge in [0.05, 0.1) is 6.04 Å². The fourth-order valence-electron chi connectivity index (χ4n) is 2.00. The fourth-order valence-corrected chi connectivity index (χ4v) is 2.00. The van der Waals surface area contributed by atoms with Crippen molar-refractivity contribution in [3.63, 3.8) is 0 Å². The minimum Gasteiger partial charge on any atom is -0.480 e. The number of amides is 1. The standard InChI is InChI=1S/C12H22N2O3/c1-12(2,3)9(13)10(15)14-7-5-4-6-8(14)11(16)17/h8-9H,4-7,13H2,1-3H3,(H,16,17)/t8?,9-/m0/s1. The molecule has 0 spiro atoms. The average molecular weight is 242 g/mol. The highest BCUT2D eigenvalue weighted by atomic mass is 16.4. The number of aliphatic carboxylic acids is 1. The van der Waals surface area contributed by atoms with Gasteiger partial charge in [0.1, 0.15) is 6.04 Å².